The predicted octanol–water partition coefficient (Wildman–Crippen LogP) is 3.57. The summed E-state index contributed by atoms with van der Waals surface area (Å²) in [6.07, 6.45) is 2.18. The number of carbonyl (C=O) groups excluding carboxylic acids is 3. The van der Waals surface area contributed by atoms with Crippen molar-refractivity contribution in [3.05, 3.63) is 11.1 Å². The van der Waals surface area contributed by atoms with Gasteiger partial charge in [-0.1, -0.05) is 25.7 Å². The number of likely N-dealkylation sites (tertiary alicyclic amines) is 1. The van der Waals surface area contributed by atoms with E-state index in [2.05, 4.69) is 10.3 Å². The van der Waals surface area contributed by atoms with Crippen LogP contribution in [-0.2, 0) is 20.6 Å². The number of rotatable bonds is 6. The van der Waals surface area contributed by atoms with Crippen LogP contribution < -0.4 is 10.8 Å². The molecule has 8 nitrogen and oxygen atoms in total. The molecule has 1 aliphatic heterocycles. The van der Waals surface area contributed by atoms with Crippen LogP contribution in [0, 0.1) is 22.7 Å². The molecule has 186 valence electrons. The van der Waals surface area contributed by atoms with E-state index < -0.39 is 35.1 Å². The first-order chi connectivity index (χ1) is 16.1. The van der Waals surface area contributed by atoms with E-state index in [0.29, 0.717) is 36.6 Å². The van der Waals surface area contributed by atoms with E-state index in [4.69, 9.17) is 5.21 Å². The molecule has 4 aliphatic rings. The van der Waals surface area contributed by atoms with Gasteiger partial charge in [0.1, 0.15) is 6.04 Å². The molecular weight excluding hydrogens is 473 g/mol. The van der Waals surface area contributed by atoms with Crippen LogP contribution in [0.15, 0.2) is 5.38 Å². The van der Waals surface area contributed by atoms with Gasteiger partial charge in [0.15, 0.2) is 10.8 Å². The lowest BCUT2D eigenvalue weighted by atomic mass is 9.89. The third-order valence-electron chi connectivity index (χ3n) is 8.18. The molecule has 0 bridgehead atoms. The highest BCUT2D eigenvalue weighted by molar-refractivity contribution is 7.13. The number of hydrogen-bond acceptors (Lipinski definition) is 6. The molecule has 4 fully saturated rings. The van der Waals surface area contributed by atoms with Gasteiger partial charge in [0.05, 0.1) is 5.41 Å². The van der Waals surface area contributed by atoms with Gasteiger partial charge in [0.2, 0.25) is 17.7 Å². The number of hydroxylamine groups is 1. The molecule has 3 amide bonds. The van der Waals surface area contributed by atoms with Gasteiger partial charge in [-0.3, -0.25) is 19.6 Å². The van der Waals surface area contributed by atoms with E-state index in [9.17, 15) is 27.6 Å². The second kappa shape index (κ2) is 8.18. The fraction of sp³-hybridized carbons (Fsp3) is 0.727. The number of carbonyl (C=O) groups is 3. The Morgan fingerprint density at radius 1 is 1.21 bits per heavy atom. The zero-order valence-electron chi connectivity index (χ0n) is 18.5. The van der Waals surface area contributed by atoms with Gasteiger partial charge in [0, 0.05) is 18.3 Å². The van der Waals surface area contributed by atoms with Crippen molar-refractivity contribution in [2.45, 2.75) is 70.0 Å². The van der Waals surface area contributed by atoms with Crippen molar-refractivity contribution in [3.8, 4) is 0 Å². The molecule has 3 saturated carbocycles. The lowest BCUT2D eigenvalue weighted by molar-refractivity contribution is -0.145. The van der Waals surface area contributed by atoms with Crippen molar-refractivity contribution in [2.24, 2.45) is 22.7 Å². The lowest BCUT2D eigenvalue weighted by Crippen LogP contribution is -2.48. The highest BCUT2D eigenvalue weighted by atomic mass is 32.1. The Bertz CT molecular complexity index is 1000. The predicted molar refractivity (Wildman–Crippen MR) is 115 cm³/mol. The van der Waals surface area contributed by atoms with Gasteiger partial charge in [-0.2, -0.15) is 13.2 Å². The number of aromatic nitrogens is 1. The summed E-state index contributed by atoms with van der Waals surface area (Å²) in [6.45, 7) is 0.398. The fourth-order valence-electron chi connectivity index (χ4n) is 6.14. The molecular formula is C22H27F3N4O4S. The van der Waals surface area contributed by atoms with Crippen LogP contribution in [0.25, 0.3) is 0 Å². The van der Waals surface area contributed by atoms with Crippen molar-refractivity contribution in [3.63, 3.8) is 0 Å². The number of thiazole rings is 1. The van der Waals surface area contributed by atoms with Gasteiger partial charge in [-0.25, -0.2) is 10.5 Å². The second-order valence-corrected chi connectivity index (χ2v) is 11.3. The molecule has 0 unspecified atom stereocenters. The van der Waals surface area contributed by atoms with Gasteiger partial charge < -0.3 is 10.2 Å². The summed E-state index contributed by atoms with van der Waals surface area (Å²) in [5.41, 5.74) is -0.515. The van der Waals surface area contributed by atoms with E-state index in [1.54, 1.807) is 10.4 Å². The van der Waals surface area contributed by atoms with Crippen LogP contribution in [-0.4, -0.2) is 45.4 Å². The Labute approximate surface area is 198 Å². The minimum Gasteiger partial charge on any atom is -0.330 e. The van der Waals surface area contributed by atoms with Crippen LogP contribution in [0.4, 0.5) is 18.3 Å². The molecule has 0 aromatic carbocycles. The molecule has 1 spiro atoms. The maximum atomic E-state index is 13.9. The van der Waals surface area contributed by atoms with Gasteiger partial charge >= 0.3 is 6.18 Å². The first-order valence-electron chi connectivity index (χ1n) is 11.6. The Balaban J connectivity index is 1.36. The SMILES string of the molecule is O=C(C[C@]1(C(=O)N2CC3(CC3)C[C@H]2C(=O)Nc2nc(C(F)(F)F)cs2)C[C@H]1C1CCCC1)NO. The van der Waals surface area contributed by atoms with Crippen molar-refractivity contribution in [1.82, 2.24) is 15.4 Å². The molecule has 1 saturated heterocycles. The highest BCUT2D eigenvalue weighted by Crippen LogP contribution is 2.64. The number of nitrogens with one attached hydrogen (secondary N) is 2. The number of nitrogens with zero attached hydrogens (tertiary/aromatic N) is 2. The molecule has 3 atom stereocenters. The number of amides is 3. The molecule has 34 heavy (non-hydrogen) atoms. The lowest BCUT2D eigenvalue weighted by Gasteiger charge is -2.29. The Morgan fingerprint density at radius 3 is 2.50 bits per heavy atom. The third kappa shape index (κ3) is 4.19. The maximum absolute atomic E-state index is 13.9. The summed E-state index contributed by atoms with van der Waals surface area (Å²) in [5, 5.41) is 12.3. The minimum absolute atomic E-state index is 0.0348. The maximum Gasteiger partial charge on any atom is 0.434 e. The molecule has 5 rings (SSSR count). The van der Waals surface area contributed by atoms with E-state index in [-0.39, 0.29) is 28.8 Å². The first kappa shape index (κ1) is 23.5. The van der Waals surface area contributed by atoms with Crippen LogP contribution in [0.1, 0.15) is 63.5 Å². The molecule has 1 aromatic heterocycles. The van der Waals surface area contributed by atoms with E-state index in [1.165, 1.54) is 0 Å². The standard InChI is InChI=1S/C22H27F3N4O4S/c23-22(24,25)15-10-34-19(26-15)27-17(31)14-8-20(5-6-20)11-29(14)18(32)21(9-16(30)28-33)7-13(21)12-3-1-2-4-12/h10,12-14,33H,1-9,11H2,(H,28,30)(H,26,27,31)/t13-,14-,21+/m0/s1. The Kier molecular flexibility index (Phi) is 5.66. The van der Waals surface area contributed by atoms with E-state index in [1.807, 2.05) is 0 Å². The summed E-state index contributed by atoms with van der Waals surface area (Å²) in [6, 6.07) is -0.827. The fourth-order valence-corrected chi connectivity index (χ4v) is 6.86. The molecule has 2 heterocycles. The average Bonchev–Trinajstić information content (AvgIpc) is 3.41. The van der Waals surface area contributed by atoms with E-state index >= 15 is 0 Å². The molecule has 12 heteroatoms. The summed E-state index contributed by atoms with van der Waals surface area (Å²) in [7, 11) is 0. The van der Waals surface area contributed by atoms with E-state index in [0.717, 1.165) is 43.9 Å². The Hall–Kier alpha value is -2.21. The molecule has 3 aliphatic carbocycles. The minimum atomic E-state index is -4.60. The summed E-state index contributed by atoms with van der Waals surface area (Å²) >= 11 is 0.688. The van der Waals surface area contributed by atoms with Crippen LogP contribution in [0.2, 0.25) is 0 Å². The third-order valence-corrected chi connectivity index (χ3v) is 8.94. The number of halogens is 3. The molecule has 0 radical (unpaired) electrons. The average molecular weight is 501 g/mol. The molecule has 1 aromatic rings. The summed E-state index contributed by atoms with van der Waals surface area (Å²) in [4.78, 5) is 44.1. The number of alkyl halides is 3. The van der Waals surface area contributed by atoms with Crippen molar-refractivity contribution in [2.75, 3.05) is 11.9 Å². The van der Waals surface area contributed by atoms with Crippen LogP contribution in [0.3, 0.4) is 0 Å². The Morgan fingerprint density at radius 2 is 1.91 bits per heavy atom. The van der Waals surface area contributed by atoms with Crippen LogP contribution >= 0.6 is 11.3 Å². The van der Waals surface area contributed by atoms with Gasteiger partial charge in [0.25, 0.3) is 0 Å². The number of hydrogen-bond donors (Lipinski definition) is 3. The van der Waals surface area contributed by atoms with Crippen molar-refractivity contribution < 1.29 is 32.8 Å². The highest BCUT2D eigenvalue weighted by Gasteiger charge is 2.67. The monoisotopic (exact) mass is 500 g/mol. The van der Waals surface area contributed by atoms with Crippen molar-refractivity contribution in [1.29, 1.82) is 0 Å². The largest absolute Gasteiger partial charge is 0.434 e. The van der Waals surface area contributed by atoms with Gasteiger partial charge in [-0.15, -0.1) is 11.3 Å². The normalized spacial score (nSPS) is 29.9. The first-order valence-corrected chi connectivity index (χ1v) is 12.5. The smallest absolute Gasteiger partial charge is 0.330 e. The van der Waals surface area contributed by atoms with Crippen molar-refractivity contribution >= 4 is 34.2 Å². The zero-order valence-corrected chi connectivity index (χ0v) is 19.3. The summed E-state index contributed by atoms with van der Waals surface area (Å²) < 4.78 is 38.6. The molecule has 3 N–H and O–H groups in total. The van der Waals surface area contributed by atoms with Gasteiger partial charge in [-0.05, 0) is 42.9 Å². The van der Waals surface area contributed by atoms with Crippen LogP contribution in [0.5, 0.6) is 0 Å². The second-order valence-electron chi connectivity index (χ2n) is 10.4. The topological polar surface area (TPSA) is 112 Å². The quantitative estimate of drug-likeness (QED) is 0.409. The zero-order chi connectivity index (χ0) is 24.3. The number of anilines is 1. The summed E-state index contributed by atoms with van der Waals surface area (Å²) in [5.74, 6) is -1.06.